The van der Waals surface area contributed by atoms with Gasteiger partial charge in [0.1, 0.15) is 0 Å². The minimum Gasteiger partial charge on any atom is -0.326 e. The molecular formula is C16H14N2. The van der Waals surface area contributed by atoms with Gasteiger partial charge in [0.05, 0.1) is 5.69 Å². The Bertz CT molecular complexity index is 675. The number of pyridine rings is 1. The van der Waals surface area contributed by atoms with E-state index in [2.05, 4.69) is 41.4 Å². The Labute approximate surface area is 106 Å². The van der Waals surface area contributed by atoms with Crippen LogP contribution in [0.4, 0.5) is 0 Å². The van der Waals surface area contributed by atoms with Gasteiger partial charge in [-0.1, -0.05) is 36.4 Å². The number of benzene rings is 2. The van der Waals surface area contributed by atoms with E-state index in [1.54, 1.807) is 0 Å². The number of nitrogens with zero attached hydrogens (tertiary/aromatic N) is 1. The van der Waals surface area contributed by atoms with Crippen molar-refractivity contribution in [2.75, 3.05) is 0 Å². The van der Waals surface area contributed by atoms with Crippen LogP contribution in [0.2, 0.25) is 0 Å². The van der Waals surface area contributed by atoms with Gasteiger partial charge >= 0.3 is 0 Å². The molecule has 18 heavy (non-hydrogen) atoms. The third-order valence-corrected chi connectivity index (χ3v) is 3.12. The quantitative estimate of drug-likeness (QED) is 0.738. The lowest BCUT2D eigenvalue weighted by Gasteiger charge is -2.07. The van der Waals surface area contributed by atoms with Gasteiger partial charge in [0, 0.05) is 18.3 Å². The van der Waals surface area contributed by atoms with E-state index in [-0.39, 0.29) is 0 Å². The van der Waals surface area contributed by atoms with Crippen LogP contribution in [0.5, 0.6) is 0 Å². The molecular weight excluding hydrogens is 220 g/mol. The minimum absolute atomic E-state index is 0.573. The standard InChI is InChI=1S/C16H14N2/c17-11-12-7-8-14-13(10-12)4-3-5-15(14)16-6-1-2-9-18-16/h1-10H,11,17H2. The summed E-state index contributed by atoms with van der Waals surface area (Å²) in [6.45, 7) is 0.573. The Morgan fingerprint density at radius 2 is 1.89 bits per heavy atom. The van der Waals surface area contributed by atoms with Crippen molar-refractivity contribution in [2.24, 2.45) is 5.73 Å². The fraction of sp³-hybridized carbons (Fsp3) is 0.0625. The van der Waals surface area contributed by atoms with Crippen molar-refractivity contribution in [3.05, 3.63) is 66.4 Å². The van der Waals surface area contributed by atoms with Crippen molar-refractivity contribution < 1.29 is 0 Å². The first-order valence-electron chi connectivity index (χ1n) is 6.01. The van der Waals surface area contributed by atoms with Crippen LogP contribution >= 0.6 is 0 Å². The van der Waals surface area contributed by atoms with E-state index < -0.39 is 0 Å². The first-order valence-corrected chi connectivity index (χ1v) is 6.01. The summed E-state index contributed by atoms with van der Waals surface area (Å²) in [6, 6.07) is 18.6. The van der Waals surface area contributed by atoms with E-state index in [1.165, 1.54) is 10.8 Å². The number of aromatic nitrogens is 1. The Morgan fingerprint density at radius 1 is 0.944 bits per heavy atom. The molecule has 88 valence electrons. The van der Waals surface area contributed by atoms with E-state index in [1.807, 2.05) is 24.4 Å². The molecule has 1 heterocycles. The maximum atomic E-state index is 5.68. The molecule has 0 fully saturated rings. The molecule has 0 radical (unpaired) electrons. The molecule has 1 aromatic heterocycles. The van der Waals surface area contributed by atoms with Gasteiger partial charge in [-0.15, -0.1) is 0 Å². The van der Waals surface area contributed by atoms with E-state index in [9.17, 15) is 0 Å². The fourth-order valence-electron chi connectivity index (χ4n) is 2.21. The third-order valence-electron chi connectivity index (χ3n) is 3.12. The summed E-state index contributed by atoms with van der Waals surface area (Å²) in [7, 11) is 0. The highest BCUT2D eigenvalue weighted by molar-refractivity contribution is 5.96. The highest BCUT2D eigenvalue weighted by Gasteiger charge is 2.04. The van der Waals surface area contributed by atoms with Crippen molar-refractivity contribution in [1.29, 1.82) is 0 Å². The lowest BCUT2D eigenvalue weighted by Crippen LogP contribution is -1.95. The van der Waals surface area contributed by atoms with Crippen molar-refractivity contribution in [3.8, 4) is 11.3 Å². The van der Waals surface area contributed by atoms with Crippen LogP contribution in [0.25, 0.3) is 22.0 Å². The summed E-state index contributed by atoms with van der Waals surface area (Å²) >= 11 is 0. The van der Waals surface area contributed by atoms with Crippen LogP contribution in [0.1, 0.15) is 5.56 Å². The molecule has 2 heteroatoms. The van der Waals surface area contributed by atoms with E-state index in [0.29, 0.717) is 6.54 Å². The average molecular weight is 234 g/mol. The van der Waals surface area contributed by atoms with Crippen LogP contribution in [-0.2, 0) is 6.54 Å². The van der Waals surface area contributed by atoms with E-state index in [4.69, 9.17) is 5.73 Å². The molecule has 0 aliphatic rings. The van der Waals surface area contributed by atoms with Crippen LogP contribution in [0.15, 0.2) is 60.8 Å². The first-order chi connectivity index (χ1) is 8.88. The van der Waals surface area contributed by atoms with Crippen molar-refractivity contribution in [3.63, 3.8) is 0 Å². The maximum Gasteiger partial charge on any atom is 0.0708 e. The Morgan fingerprint density at radius 3 is 2.67 bits per heavy atom. The van der Waals surface area contributed by atoms with Gasteiger partial charge in [0.15, 0.2) is 0 Å². The summed E-state index contributed by atoms with van der Waals surface area (Å²) in [5, 5.41) is 2.43. The van der Waals surface area contributed by atoms with E-state index >= 15 is 0 Å². The minimum atomic E-state index is 0.573. The third kappa shape index (κ3) is 1.87. The Hall–Kier alpha value is -2.19. The first kappa shape index (κ1) is 10.9. The van der Waals surface area contributed by atoms with Crippen molar-refractivity contribution in [2.45, 2.75) is 6.54 Å². The summed E-state index contributed by atoms with van der Waals surface area (Å²) in [4.78, 5) is 4.42. The lowest BCUT2D eigenvalue weighted by atomic mass is 10.00. The maximum absolute atomic E-state index is 5.68. The van der Waals surface area contributed by atoms with Gasteiger partial charge < -0.3 is 5.73 Å². The molecule has 0 saturated heterocycles. The predicted octanol–water partition coefficient (Wildman–Crippen LogP) is 3.36. The topological polar surface area (TPSA) is 38.9 Å². The van der Waals surface area contributed by atoms with Crippen LogP contribution in [0.3, 0.4) is 0 Å². The van der Waals surface area contributed by atoms with Crippen LogP contribution in [0, 0.1) is 0 Å². The molecule has 0 bridgehead atoms. The summed E-state index contributed by atoms with van der Waals surface area (Å²) in [5.41, 5.74) is 9.00. The molecule has 3 rings (SSSR count). The molecule has 0 atom stereocenters. The zero-order valence-corrected chi connectivity index (χ0v) is 10.0. The molecule has 0 aliphatic carbocycles. The van der Waals surface area contributed by atoms with Crippen LogP contribution < -0.4 is 5.73 Å². The lowest BCUT2D eigenvalue weighted by molar-refractivity contribution is 1.08. The zero-order chi connectivity index (χ0) is 12.4. The Balaban J connectivity index is 2.25. The molecule has 2 N–H and O–H groups in total. The van der Waals surface area contributed by atoms with Gasteiger partial charge in [0.25, 0.3) is 0 Å². The summed E-state index contributed by atoms with van der Waals surface area (Å²) in [6.07, 6.45) is 1.82. The van der Waals surface area contributed by atoms with Crippen molar-refractivity contribution >= 4 is 10.8 Å². The molecule has 2 nitrogen and oxygen atoms in total. The van der Waals surface area contributed by atoms with Gasteiger partial charge in [-0.3, -0.25) is 4.98 Å². The molecule has 2 aromatic carbocycles. The molecule has 3 aromatic rings. The molecule has 0 spiro atoms. The van der Waals surface area contributed by atoms with Gasteiger partial charge in [-0.05, 0) is 34.5 Å². The number of fused-ring (bicyclic) bond motifs is 1. The van der Waals surface area contributed by atoms with Gasteiger partial charge in [0.2, 0.25) is 0 Å². The highest BCUT2D eigenvalue weighted by Crippen LogP contribution is 2.27. The fourth-order valence-corrected chi connectivity index (χ4v) is 2.21. The Kier molecular flexibility index (Phi) is 2.79. The monoisotopic (exact) mass is 234 g/mol. The average Bonchev–Trinajstić information content (AvgIpc) is 2.47. The molecule has 0 saturated carbocycles. The predicted molar refractivity (Wildman–Crippen MR) is 75.1 cm³/mol. The number of nitrogens with two attached hydrogens (primary N) is 1. The molecule has 0 aliphatic heterocycles. The smallest absolute Gasteiger partial charge is 0.0708 e. The second kappa shape index (κ2) is 4.59. The molecule has 0 unspecified atom stereocenters. The van der Waals surface area contributed by atoms with Gasteiger partial charge in [-0.25, -0.2) is 0 Å². The van der Waals surface area contributed by atoms with Gasteiger partial charge in [-0.2, -0.15) is 0 Å². The second-order valence-electron chi connectivity index (χ2n) is 4.28. The normalized spacial score (nSPS) is 10.7. The summed E-state index contributed by atoms with van der Waals surface area (Å²) < 4.78 is 0. The van der Waals surface area contributed by atoms with E-state index in [0.717, 1.165) is 16.8 Å². The number of hydrogen-bond donors (Lipinski definition) is 1. The number of rotatable bonds is 2. The van der Waals surface area contributed by atoms with Crippen molar-refractivity contribution in [1.82, 2.24) is 4.98 Å². The zero-order valence-electron chi connectivity index (χ0n) is 10.0. The second-order valence-corrected chi connectivity index (χ2v) is 4.28. The highest BCUT2D eigenvalue weighted by atomic mass is 14.7. The molecule has 0 amide bonds. The van der Waals surface area contributed by atoms with Crippen LogP contribution in [-0.4, -0.2) is 4.98 Å². The SMILES string of the molecule is NCc1ccc2c(-c3ccccn3)cccc2c1. The largest absolute Gasteiger partial charge is 0.326 e. The summed E-state index contributed by atoms with van der Waals surface area (Å²) in [5.74, 6) is 0. The number of hydrogen-bond acceptors (Lipinski definition) is 2.